The highest BCUT2D eigenvalue weighted by Crippen LogP contribution is 1.97. The minimum atomic E-state index is 0.772. The second-order valence-electron chi connectivity index (χ2n) is 3.81. The molecule has 0 unspecified atom stereocenters. The Hall–Kier alpha value is -0.830. The molecule has 1 aromatic heterocycles. The first-order valence-corrected chi connectivity index (χ1v) is 4.87. The summed E-state index contributed by atoms with van der Waals surface area (Å²) in [4.78, 5) is 4.23. The maximum atomic E-state index is 4.23. The van der Waals surface area contributed by atoms with E-state index in [1.165, 1.54) is 6.42 Å². The molecule has 0 aliphatic heterocycles. The summed E-state index contributed by atoms with van der Waals surface area (Å²) in [7, 11) is 2.02. The van der Waals surface area contributed by atoms with Crippen LogP contribution in [-0.2, 0) is 13.6 Å². The molecule has 1 heterocycles. The highest BCUT2D eigenvalue weighted by molar-refractivity contribution is 4.90. The molecule has 0 amide bonds. The van der Waals surface area contributed by atoms with Crippen LogP contribution in [0.15, 0.2) is 12.4 Å². The minimum absolute atomic E-state index is 0.772. The van der Waals surface area contributed by atoms with Crippen LogP contribution in [0.3, 0.4) is 0 Å². The fourth-order valence-electron chi connectivity index (χ4n) is 1.16. The van der Waals surface area contributed by atoms with Gasteiger partial charge in [-0.3, -0.25) is 0 Å². The molecule has 0 saturated carbocycles. The standard InChI is InChI=1S/C10H19N3/c1-9(2)4-5-11-8-10-12-6-7-13(10)3/h6-7,9,11H,4-5,8H2,1-3H3. The number of aryl methyl sites for hydroxylation is 1. The molecule has 0 aromatic carbocycles. The van der Waals surface area contributed by atoms with Crippen molar-refractivity contribution in [2.75, 3.05) is 6.54 Å². The van der Waals surface area contributed by atoms with Crippen LogP contribution in [0.1, 0.15) is 26.1 Å². The van der Waals surface area contributed by atoms with Gasteiger partial charge in [-0.15, -0.1) is 0 Å². The van der Waals surface area contributed by atoms with Crippen molar-refractivity contribution >= 4 is 0 Å². The van der Waals surface area contributed by atoms with Crippen LogP contribution < -0.4 is 5.32 Å². The van der Waals surface area contributed by atoms with Gasteiger partial charge in [-0.25, -0.2) is 4.98 Å². The van der Waals surface area contributed by atoms with Crippen LogP contribution in [0.5, 0.6) is 0 Å². The third kappa shape index (κ3) is 3.59. The molecule has 0 saturated heterocycles. The monoisotopic (exact) mass is 181 g/mol. The smallest absolute Gasteiger partial charge is 0.122 e. The van der Waals surface area contributed by atoms with E-state index in [2.05, 4.69) is 24.1 Å². The van der Waals surface area contributed by atoms with Crippen LogP contribution in [-0.4, -0.2) is 16.1 Å². The van der Waals surface area contributed by atoms with Crippen molar-refractivity contribution in [2.45, 2.75) is 26.8 Å². The summed E-state index contributed by atoms with van der Waals surface area (Å²) in [6, 6.07) is 0. The summed E-state index contributed by atoms with van der Waals surface area (Å²) in [5.41, 5.74) is 0. The molecule has 3 nitrogen and oxygen atoms in total. The zero-order chi connectivity index (χ0) is 9.68. The number of rotatable bonds is 5. The minimum Gasteiger partial charge on any atom is -0.337 e. The first kappa shape index (κ1) is 10.3. The van der Waals surface area contributed by atoms with Gasteiger partial charge in [-0.1, -0.05) is 13.8 Å². The van der Waals surface area contributed by atoms with Crippen LogP contribution in [0.2, 0.25) is 0 Å². The number of nitrogens with zero attached hydrogens (tertiary/aromatic N) is 2. The van der Waals surface area contributed by atoms with Gasteiger partial charge in [0.05, 0.1) is 6.54 Å². The van der Waals surface area contributed by atoms with E-state index in [1.807, 2.05) is 24.0 Å². The van der Waals surface area contributed by atoms with Crippen molar-refractivity contribution in [2.24, 2.45) is 13.0 Å². The normalized spacial score (nSPS) is 11.1. The third-order valence-corrected chi connectivity index (χ3v) is 2.10. The van der Waals surface area contributed by atoms with E-state index in [4.69, 9.17) is 0 Å². The molecule has 0 aliphatic rings. The molecule has 0 aliphatic carbocycles. The Morgan fingerprint density at radius 2 is 2.31 bits per heavy atom. The van der Waals surface area contributed by atoms with E-state index in [9.17, 15) is 0 Å². The third-order valence-electron chi connectivity index (χ3n) is 2.10. The molecule has 0 radical (unpaired) electrons. The van der Waals surface area contributed by atoms with Crippen molar-refractivity contribution in [3.8, 4) is 0 Å². The van der Waals surface area contributed by atoms with Gasteiger partial charge in [-0.05, 0) is 18.9 Å². The second-order valence-corrected chi connectivity index (χ2v) is 3.81. The average Bonchev–Trinajstić information content (AvgIpc) is 2.45. The predicted molar refractivity (Wildman–Crippen MR) is 54.4 cm³/mol. The summed E-state index contributed by atoms with van der Waals surface area (Å²) in [5.74, 6) is 1.87. The van der Waals surface area contributed by atoms with Gasteiger partial charge in [-0.2, -0.15) is 0 Å². The maximum absolute atomic E-state index is 4.23. The first-order chi connectivity index (χ1) is 6.20. The Kier molecular flexibility index (Phi) is 3.96. The van der Waals surface area contributed by atoms with Gasteiger partial charge < -0.3 is 9.88 Å². The molecule has 0 bridgehead atoms. The molecule has 1 aromatic rings. The van der Waals surface area contributed by atoms with Gasteiger partial charge in [0, 0.05) is 19.4 Å². The SMILES string of the molecule is CC(C)CCNCc1nccn1C. The van der Waals surface area contributed by atoms with Crippen LogP contribution in [0, 0.1) is 5.92 Å². The molecule has 1 rings (SSSR count). The Bertz CT molecular complexity index is 240. The van der Waals surface area contributed by atoms with Crippen molar-refractivity contribution in [1.29, 1.82) is 0 Å². The fourth-order valence-corrected chi connectivity index (χ4v) is 1.16. The Morgan fingerprint density at radius 1 is 1.54 bits per heavy atom. The Morgan fingerprint density at radius 3 is 2.85 bits per heavy atom. The molecular formula is C10H19N3. The fraction of sp³-hybridized carbons (Fsp3) is 0.700. The molecule has 0 atom stereocenters. The second kappa shape index (κ2) is 5.02. The average molecular weight is 181 g/mol. The van der Waals surface area contributed by atoms with Crippen LogP contribution in [0.4, 0.5) is 0 Å². The summed E-state index contributed by atoms with van der Waals surface area (Å²) in [6.07, 6.45) is 5.03. The quantitative estimate of drug-likeness (QED) is 0.699. The van der Waals surface area contributed by atoms with Crippen molar-refractivity contribution in [3.05, 3.63) is 18.2 Å². The van der Waals surface area contributed by atoms with E-state index < -0.39 is 0 Å². The molecule has 13 heavy (non-hydrogen) atoms. The predicted octanol–water partition coefficient (Wildman–Crippen LogP) is 1.56. The largest absolute Gasteiger partial charge is 0.337 e. The van der Waals surface area contributed by atoms with Gasteiger partial charge in [0.2, 0.25) is 0 Å². The lowest BCUT2D eigenvalue weighted by Gasteiger charge is -2.06. The lowest BCUT2D eigenvalue weighted by molar-refractivity contribution is 0.527. The lowest BCUT2D eigenvalue weighted by atomic mass is 10.1. The number of hydrogen-bond acceptors (Lipinski definition) is 2. The molecular weight excluding hydrogens is 162 g/mol. The van der Waals surface area contributed by atoms with Gasteiger partial charge in [0.1, 0.15) is 5.82 Å². The summed E-state index contributed by atoms with van der Waals surface area (Å²) in [5, 5.41) is 3.38. The molecule has 0 fully saturated rings. The highest BCUT2D eigenvalue weighted by Gasteiger charge is 1.98. The number of nitrogens with one attached hydrogen (secondary N) is 1. The van der Waals surface area contributed by atoms with Crippen LogP contribution >= 0.6 is 0 Å². The molecule has 1 N–H and O–H groups in total. The van der Waals surface area contributed by atoms with Gasteiger partial charge >= 0.3 is 0 Å². The van der Waals surface area contributed by atoms with Crippen molar-refractivity contribution in [1.82, 2.24) is 14.9 Å². The van der Waals surface area contributed by atoms with Crippen LogP contribution in [0.25, 0.3) is 0 Å². The van der Waals surface area contributed by atoms with Gasteiger partial charge in [0.15, 0.2) is 0 Å². The molecule has 0 spiro atoms. The number of imidazole rings is 1. The highest BCUT2D eigenvalue weighted by atomic mass is 15.1. The van der Waals surface area contributed by atoms with E-state index >= 15 is 0 Å². The number of aromatic nitrogens is 2. The summed E-state index contributed by atoms with van der Waals surface area (Å²) >= 11 is 0. The molecule has 3 heteroatoms. The Balaban J connectivity index is 2.17. The number of hydrogen-bond donors (Lipinski definition) is 1. The first-order valence-electron chi connectivity index (χ1n) is 4.87. The maximum Gasteiger partial charge on any atom is 0.122 e. The van der Waals surface area contributed by atoms with E-state index in [1.54, 1.807) is 0 Å². The van der Waals surface area contributed by atoms with Gasteiger partial charge in [0.25, 0.3) is 0 Å². The van der Waals surface area contributed by atoms with Crippen molar-refractivity contribution in [3.63, 3.8) is 0 Å². The topological polar surface area (TPSA) is 29.9 Å². The van der Waals surface area contributed by atoms with Crippen molar-refractivity contribution < 1.29 is 0 Å². The Labute approximate surface area is 80.2 Å². The van der Waals surface area contributed by atoms with E-state index in [0.717, 1.165) is 24.8 Å². The van der Waals surface area contributed by atoms with E-state index in [-0.39, 0.29) is 0 Å². The summed E-state index contributed by atoms with van der Waals surface area (Å²) in [6.45, 7) is 6.42. The molecule has 74 valence electrons. The zero-order valence-corrected chi connectivity index (χ0v) is 8.75. The zero-order valence-electron chi connectivity index (χ0n) is 8.75. The van der Waals surface area contributed by atoms with E-state index in [0.29, 0.717) is 0 Å². The lowest BCUT2D eigenvalue weighted by Crippen LogP contribution is -2.18. The summed E-state index contributed by atoms with van der Waals surface area (Å²) < 4.78 is 2.04.